The van der Waals surface area contributed by atoms with Gasteiger partial charge in [0.05, 0.1) is 5.57 Å². The summed E-state index contributed by atoms with van der Waals surface area (Å²) in [4.78, 5) is 16.1. The fraction of sp³-hybridized carbons (Fsp3) is 0.0769. The van der Waals surface area contributed by atoms with Gasteiger partial charge in [0.1, 0.15) is 12.4 Å². The van der Waals surface area contributed by atoms with Gasteiger partial charge in [-0.3, -0.25) is 10.1 Å². The van der Waals surface area contributed by atoms with Gasteiger partial charge in [0.15, 0.2) is 5.13 Å². The lowest BCUT2D eigenvalue weighted by Gasteiger charge is -2.17. The summed E-state index contributed by atoms with van der Waals surface area (Å²) in [6.07, 6.45) is 3.49. The Kier molecular flexibility index (Phi) is 3.35. The SMILES string of the molecule is O=C(Nc1nccs1)C1=Cc2cc(Br)ccc2OC1. The zero-order valence-electron chi connectivity index (χ0n) is 9.72. The summed E-state index contributed by atoms with van der Waals surface area (Å²) in [6, 6.07) is 5.71. The maximum absolute atomic E-state index is 12.1. The maximum atomic E-state index is 12.1. The Hall–Kier alpha value is -1.66. The number of hydrogen-bond acceptors (Lipinski definition) is 4. The van der Waals surface area contributed by atoms with Crippen LogP contribution >= 0.6 is 27.3 Å². The molecule has 0 radical (unpaired) electrons. The molecule has 2 aromatic rings. The fourth-order valence-corrected chi connectivity index (χ4v) is 2.64. The molecule has 19 heavy (non-hydrogen) atoms. The fourth-order valence-electron chi connectivity index (χ4n) is 1.74. The van der Waals surface area contributed by atoms with Gasteiger partial charge in [0, 0.05) is 21.6 Å². The maximum Gasteiger partial charge on any atom is 0.256 e. The number of nitrogens with zero attached hydrogens (tertiary/aromatic N) is 1. The Morgan fingerprint density at radius 3 is 3.16 bits per heavy atom. The number of nitrogens with one attached hydrogen (secondary N) is 1. The van der Waals surface area contributed by atoms with Crippen LogP contribution in [0.25, 0.3) is 6.08 Å². The molecule has 1 aliphatic rings. The Labute approximate surface area is 122 Å². The van der Waals surface area contributed by atoms with Crippen molar-refractivity contribution < 1.29 is 9.53 Å². The average Bonchev–Trinajstić information content (AvgIpc) is 2.90. The molecule has 0 unspecified atom stereocenters. The average molecular weight is 337 g/mol. The smallest absolute Gasteiger partial charge is 0.256 e. The van der Waals surface area contributed by atoms with Crippen molar-refractivity contribution in [1.82, 2.24) is 4.98 Å². The molecule has 1 amide bonds. The van der Waals surface area contributed by atoms with Gasteiger partial charge in [-0.05, 0) is 24.3 Å². The Morgan fingerprint density at radius 2 is 2.37 bits per heavy atom. The van der Waals surface area contributed by atoms with Crippen LogP contribution in [0.3, 0.4) is 0 Å². The van der Waals surface area contributed by atoms with Gasteiger partial charge >= 0.3 is 0 Å². The van der Waals surface area contributed by atoms with Crippen molar-refractivity contribution in [1.29, 1.82) is 0 Å². The molecule has 0 saturated carbocycles. The number of rotatable bonds is 2. The van der Waals surface area contributed by atoms with Gasteiger partial charge in [0.25, 0.3) is 5.91 Å². The predicted molar refractivity (Wildman–Crippen MR) is 78.4 cm³/mol. The minimum absolute atomic E-state index is 0.180. The Balaban J connectivity index is 1.84. The molecule has 0 aliphatic carbocycles. The van der Waals surface area contributed by atoms with E-state index in [1.54, 1.807) is 6.20 Å². The highest BCUT2D eigenvalue weighted by molar-refractivity contribution is 9.10. The lowest BCUT2D eigenvalue weighted by Crippen LogP contribution is -2.21. The second-order valence-corrected chi connectivity index (χ2v) is 5.74. The molecule has 0 saturated heterocycles. The van der Waals surface area contributed by atoms with Crippen molar-refractivity contribution >= 4 is 44.4 Å². The molecule has 96 valence electrons. The normalized spacial score (nSPS) is 13.2. The quantitative estimate of drug-likeness (QED) is 0.915. The van der Waals surface area contributed by atoms with Crippen LogP contribution in [0.15, 0.2) is 39.8 Å². The molecule has 1 aliphatic heterocycles. The monoisotopic (exact) mass is 336 g/mol. The minimum Gasteiger partial charge on any atom is -0.488 e. The number of thiazole rings is 1. The number of anilines is 1. The van der Waals surface area contributed by atoms with E-state index < -0.39 is 0 Å². The number of halogens is 1. The van der Waals surface area contributed by atoms with Crippen LogP contribution in [0.4, 0.5) is 5.13 Å². The van der Waals surface area contributed by atoms with E-state index in [1.807, 2.05) is 29.7 Å². The van der Waals surface area contributed by atoms with E-state index in [2.05, 4.69) is 26.2 Å². The zero-order chi connectivity index (χ0) is 13.2. The molecule has 1 aromatic heterocycles. The highest BCUT2D eigenvalue weighted by Crippen LogP contribution is 2.29. The van der Waals surface area contributed by atoms with Crippen LogP contribution in [-0.4, -0.2) is 17.5 Å². The van der Waals surface area contributed by atoms with E-state index in [1.165, 1.54) is 11.3 Å². The van der Waals surface area contributed by atoms with Gasteiger partial charge in [-0.2, -0.15) is 0 Å². The summed E-state index contributed by atoms with van der Waals surface area (Å²) in [6.45, 7) is 0.270. The first-order valence-electron chi connectivity index (χ1n) is 5.56. The van der Waals surface area contributed by atoms with Gasteiger partial charge in [-0.15, -0.1) is 11.3 Å². The number of aromatic nitrogens is 1. The minimum atomic E-state index is -0.180. The van der Waals surface area contributed by atoms with Gasteiger partial charge in [0.2, 0.25) is 0 Å². The highest BCUT2D eigenvalue weighted by Gasteiger charge is 2.18. The first-order valence-corrected chi connectivity index (χ1v) is 7.23. The van der Waals surface area contributed by atoms with E-state index in [-0.39, 0.29) is 12.5 Å². The van der Waals surface area contributed by atoms with Crippen LogP contribution in [-0.2, 0) is 4.79 Å². The predicted octanol–water partition coefficient (Wildman–Crippen LogP) is 3.32. The van der Waals surface area contributed by atoms with Gasteiger partial charge < -0.3 is 4.74 Å². The molecule has 1 aromatic carbocycles. The summed E-state index contributed by atoms with van der Waals surface area (Å²) in [7, 11) is 0. The van der Waals surface area contributed by atoms with E-state index in [0.717, 1.165) is 15.8 Å². The molecular weight excluding hydrogens is 328 g/mol. The number of hydrogen-bond donors (Lipinski definition) is 1. The lowest BCUT2D eigenvalue weighted by atomic mass is 10.1. The number of carbonyl (C=O) groups excluding carboxylic acids is 1. The van der Waals surface area contributed by atoms with Gasteiger partial charge in [-0.1, -0.05) is 15.9 Å². The molecule has 0 spiro atoms. The number of benzene rings is 1. The second-order valence-electron chi connectivity index (χ2n) is 3.93. The third-order valence-electron chi connectivity index (χ3n) is 2.63. The Bertz CT molecular complexity index is 653. The molecule has 4 nitrogen and oxygen atoms in total. The number of carbonyl (C=O) groups is 1. The zero-order valence-corrected chi connectivity index (χ0v) is 12.1. The van der Waals surface area contributed by atoms with Crippen molar-refractivity contribution in [2.24, 2.45) is 0 Å². The molecular formula is C13H9BrN2O2S. The highest BCUT2D eigenvalue weighted by atomic mass is 79.9. The summed E-state index contributed by atoms with van der Waals surface area (Å²) in [5.41, 5.74) is 1.48. The third-order valence-corrected chi connectivity index (χ3v) is 3.81. The molecule has 1 N–H and O–H groups in total. The van der Waals surface area contributed by atoms with E-state index in [0.29, 0.717) is 10.7 Å². The second kappa shape index (κ2) is 5.14. The lowest BCUT2D eigenvalue weighted by molar-refractivity contribution is -0.113. The summed E-state index contributed by atoms with van der Waals surface area (Å²) in [5, 5.41) is 5.15. The number of amides is 1. The first-order chi connectivity index (χ1) is 9.22. The number of ether oxygens (including phenoxy) is 1. The van der Waals surface area contributed by atoms with Crippen LogP contribution in [0.1, 0.15) is 5.56 Å². The van der Waals surface area contributed by atoms with Crippen molar-refractivity contribution in [3.63, 3.8) is 0 Å². The van der Waals surface area contributed by atoms with Crippen LogP contribution in [0, 0.1) is 0 Å². The standard InChI is InChI=1S/C13H9BrN2O2S/c14-10-1-2-11-8(6-10)5-9(7-18-11)12(17)16-13-15-3-4-19-13/h1-6H,7H2,(H,15,16,17). The van der Waals surface area contributed by atoms with E-state index in [4.69, 9.17) is 4.74 Å². The van der Waals surface area contributed by atoms with Crippen LogP contribution in [0.2, 0.25) is 0 Å². The first kappa shape index (κ1) is 12.4. The van der Waals surface area contributed by atoms with Crippen molar-refractivity contribution in [3.05, 3.63) is 45.4 Å². The van der Waals surface area contributed by atoms with Crippen LogP contribution in [0.5, 0.6) is 5.75 Å². The molecule has 0 fully saturated rings. The van der Waals surface area contributed by atoms with E-state index >= 15 is 0 Å². The largest absolute Gasteiger partial charge is 0.488 e. The molecule has 0 atom stereocenters. The summed E-state index contributed by atoms with van der Waals surface area (Å²) >= 11 is 4.79. The van der Waals surface area contributed by atoms with Crippen molar-refractivity contribution in [3.8, 4) is 5.75 Å². The van der Waals surface area contributed by atoms with Gasteiger partial charge in [-0.25, -0.2) is 4.98 Å². The Morgan fingerprint density at radius 1 is 1.47 bits per heavy atom. The van der Waals surface area contributed by atoms with Crippen molar-refractivity contribution in [2.45, 2.75) is 0 Å². The summed E-state index contributed by atoms with van der Waals surface area (Å²) < 4.78 is 6.52. The van der Waals surface area contributed by atoms with Crippen LogP contribution < -0.4 is 10.1 Å². The molecule has 0 bridgehead atoms. The topological polar surface area (TPSA) is 51.2 Å². The molecule has 2 heterocycles. The number of fused-ring (bicyclic) bond motifs is 1. The third kappa shape index (κ3) is 2.69. The summed E-state index contributed by atoms with van der Waals surface area (Å²) in [5.74, 6) is 0.606. The van der Waals surface area contributed by atoms with Crippen molar-refractivity contribution in [2.75, 3.05) is 11.9 Å². The molecule has 6 heteroatoms. The van der Waals surface area contributed by atoms with E-state index in [9.17, 15) is 4.79 Å². The molecule has 3 rings (SSSR count).